The zero-order valence-electron chi connectivity index (χ0n) is 5.95. The van der Waals surface area contributed by atoms with Crippen LogP contribution in [0.3, 0.4) is 0 Å². The summed E-state index contributed by atoms with van der Waals surface area (Å²) < 4.78 is 0. The smallest absolute Gasteiger partial charge is 0.328 e. The van der Waals surface area contributed by atoms with Crippen molar-refractivity contribution in [2.24, 2.45) is 0 Å². The van der Waals surface area contributed by atoms with Gasteiger partial charge < -0.3 is 10.2 Å². The van der Waals surface area contributed by atoms with Crippen LogP contribution in [0.1, 0.15) is 19.8 Å². The Morgan fingerprint density at radius 1 is 1.70 bits per heavy atom. The summed E-state index contributed by atoms with van der Waals surface area (Å²) in [5.41, 5.74) is 0. The third-order valence-electron chi connectivity index (χ3n) is 1.05. The van der Waals surface area contributed by atoms with E-state index in [4.69, 9.17) is 10.2 Å². The van der Waals surface area contributed by atoms with Gasteiger partial charge in [0, 0.05) is 6.08 Å². The summed E-state index contributed by atoms with van der Waals surface area (Å²) in [6, 6.07) is 0. The Balaban J connectivity index is 3.55. The Hall–Kier alpha value is -0.830. The minimum absolute atomic E-state index is 0.610. The van der Waals surface area contributed by atoms with Crippen molar-refractivity contribution in [1.29, 1.82) is 0 Å². The van der Waals surface area contributed by atoms with E-state index in [0.29, 0.717) is 6.42 Å². The number of aliphatic hydroxyl groups excluding tert-OH is 1. The first-order chi connectivity index (χ1) is 4.66. The van der Waals surface area contributed by atoms with E-state index >= 15 is 0 Å². The Kier molecular flexibility index (Phi) is 4.58. The third kappa shape index (κ3) is 5.31. The van der Waals surface area contributed by atoms with Gasteiger partial charge in [-0.15, -0.1) is 0 Å². The molecule has 0 heterocycles. The van der Waals surface area contributed by atoms with Crippen molar-refractivity contribution in [1.82, 2.24) is 0 Å². The van der Waals surface area contributed by atoms with Gasteiger partial charge in [-0.25, -0.2) is 4.79 Å². The molecule has 0 amide bonds. The molecule has 0 fully saturated rings. The molecule has 2 N–H and O–H groups in total. The number of hydrogen-bond donors (Lipinski definition) is 2. The lowest BCUT2D eigenvalue weighted by molar-refractivity contribution is -0.131. The van der Waals surface area contributed by atoms with E-state index in [0.717, 1.165) is 12.5 Å². The first-order valence-corrected chi connectivity index (χ1v) is 3.26. The van der Waals surface area contributed by atoms with Gasteiger partial charge >= 0.3 is 5.97 Å². The summed E-state index contributed by atoms with van der Waals surface area (Å²) in [5.74, 6) is -1.02. The molecule has 0 aliphatic carbocycles. The normalized spacial score (nSPS) is 13.8. The SMILES string of the molecule is CCC[C@@H](O)/C=C/C(=O)O. The molecule has 3 nitrogen and oxygen atoms in total. The average Bonchev–Trinajstić information content (AvgIpc) is 1.85. The van der Waals surface area contributed by atoms with E-state index in [9.17, 15) is 4.79 Å². The summed E-state index contributed by atoms with van der Waals surface area (Å²) in [7, 11) is 0. The van der Waals surface area contributed by atoms with Gasteiger partial charge in [0.25, 0.3) is 0 Å². The maximum Gasteiger partial charge on any atom is 0.328 e. The zero-order chi connectivity index (χ0) is 7.98. The third-order valence-corrected chi connectivity index (χ3v) is 1.05. The van der Waals surface area contributed by atoms with Crippen molar-refractivity contribution in [2.45, 2.75) is 25.9 Å². The quantitative estimate of drug-likeness (QED) is 0.573. The van der Waals surface area contributed by atoms with Crippen molar-refractivity contribution in [3.8, 4) is 0 Å². The van der Waals surface area contributed by atoms with E-state index in [-0.39, 0.29) is 0 Å². The van der Waals surface area contributed by atoms with Gasteiger partial charge in [-0.2, -0.15) is 0 Å². The van der Waals surface area contributed by atoms with Crippen LogP contribution in [0.15, 0.2) is 12.2 Å². The Labute approximate surface area is 60.0 Å². The monoisotopic (exact) mass is 144 g/mol. The number of carboxylic acids is 1. The van der Waals surface area contributed by atoms with Crippen LogP contribution in [0.4, 0.5) is 0 Å². The van der Waals surface area contributed by atoms with Gasteiger partial charge in [0.2, 0.25) is 0 Å². The maximum atomic E-state index is 9.91. The molecule has 0 aliphatic rings. The predicted molar refractivity (Wildman–Crippen MR) is 37.7 cm³/mol. The van der Waals surface area contributed by atoms with Gasteiger partial charge in [0.15, 0.2) is 0 Å². The molecule has 58 valence electrons. The zero-order valence-corrected chi connectivity index (χ0v) is 5.95. The molecule has 0 bridgehead atoms. The highest BCUT2D eigenvalue weighted by molar-refractivity contribution is 5.79. The maximum absolute atomic E-state index is 9.91. The molecule has 0 rings (SSSR count). The molecular weight excluding hydrogens is 132 g/mol. The van der Waals surface area contributed by atoms with Crippen LogP contribution in [0.2, 0.25) is 0 Å². The average molecular weight is 144 g/mol. The lowest BCUT2D eigenvalue weighted by Crippen LogP contribution is -2.01. The second kappa shape index (κ2) is 4.99. The lowest BCUT2D eigenvalue weighted by Gasteiger charge is -1.99. The van der Waals surface area contributed by atoms with Crippen molar-refractivity contribution in [2.75, 3.05) is 0 Å². The van der Waals surface area contributed by atoms with E-state index in [1.54, 1.807) is 0 Å². The molecule has 1 atom stereocenters. The summed E-state index contributed by atoms with van der Waals surface area (Å²) in [6.45, 7) is 1.93. The second-order valence-electron chi connectivity index (χ2n) is 2.05. The van der Waals surface area contributed by atoms with Crippen LogP contribution in [0, 0.1) is 0 Å². The topological polar surface area (TPSA) is 57.5 Å². The predicted octanol–water partition coefficient (Wildman–Crippen LogP) is 0.788. The van der Waals surface area contributed by atoms with E-state index < -0.39 is 12.1 Å². The molecular formula is C7H12O3. The first kappa shape index (κ1) is 9.17. The Bertz CT molecular complexity index is 129. The van der Waals surface area contributed by atoms with Crippen LogP contribution in [-0.4, -0.2) is 22.3 Å². The first-order valence-electron chi connectivity index (χ1n) is 3.26. The molecule has 0 radical (unpaired) electrons. The molecule has 0 saturated heterocycles. The fraction of sp³-hybridized carbons (Fsp3) is 0.571. The van der Waals surface area contributed by atoms with Crippen LogP contribution < -0.4 is 0 Å². The number of hydrogen-bond acceptors (Lipinski definition) is 2. The molecule has 0 aromatic rings. The number of carbonyl (C=O) groups is 1. The molecule has 10 heavy (non-hydrogen) atoms. The molecule has 3 heteroatoms. The van der Waals surface area contributed by atoms with Gasteiger partial charge in [0.05, 0.1) is 6.10 Å². The lowest BCUT2D eigenvalue weighted by atomic mass is 10.2. The van der Waals surface area contributed by atoms with Crippen molar-refractivity contribution < 1.29 is 15.0 Å². The minimum Gasteiger partial charge on any atom is -0.478 e. The number of aliphatic carboxylic acids is 1. The molecule has 0 saturated carbocycles. The molecule has 0 spiro atoms. The van der Waals surface area contributed by atoms with E-state index in [2.05, 4.69) is 0 Å². The molecule has 0 aliphatic heterocycles. The van der Waals surface area contributed by atoms with Crippen LogP contribution in [-0.2, 0) is 4.79 Å². The minimum atomic E-state index is -1.02. The number of carboxylic acid groups (broad SMARTS) is 1. The molecule has 0 unspecified atom stereocenters. The fourth-order valence-corrected chi connectivity index (χ4v) is 0.585. The van der Waals surface area contributed by atoms with Gasteiger partial charge in [0.1, 0.15) is 0 Å². The highest BCUT2D eigenvalue weighted by Gasteiger charge is 1.96. The van der Waals surface area contributed by atoms with Crippen molar-refractivity contribution in [3.05, 3.63) is 12.2 Å². The summed E-state index contributed by atoms with van der Waals surface area (Å²) in [6.07, 6.45) is 3.10. The molecule has 0 aromatic heterocycles. The molecule has 0 aromatic carbocycles. The highest BCUT2D eigenvalue weighted by Crippen LogP contribution is 1.96. The summed E-state index contributed by atoms with van der Waals surface area (Å²) in [5, 5.41) is 17.1. The highest BCUT2D eigenvalue weighted by atomic mass is 16.4. The summed E-state index contributed by atoms with van der Waals surface area (Å²) >= 11 is 0. The van der Waals surface area contributed by atoms with E-state index in [1.807, 2.05) is 6.92 Å². The van der Waals surface area contributed by atoms with Crippen LogP contribution in [0.25, 0.3) is 0 Å². The standard InChI is InChI=1S/C7H12O3/c1-2-3-6(8)4-5-7(9)10/h4-6,8H,2-3H2,1H3,(H,9,10)/b5-4+/t6-/m1/s1. The van der Waals surface area contributed by atoms with Gasteiger partial charge in [-0.3, -0.25) is 0 Å². The van der Waals surface area contributed by atoms with E-state index in [1.165, 1.54) is 6.08 Å². The van der Waals surface area contributed by atoms with Crippen molar-refractivity contribution >= 4 is 5.97 Å². The fourth-order valence-electron chi connectivity index (χ4n) is 0.585. The number of aliphatic hydroxyl groups is 1. The largest absolute Gasteiger partial charge is 0.478 e. The van der Waals surface area contributed by atoms with Crippen LogP contribution in [0.5, 0.6) is 0 Å². The second-order valence-corrected chi connectivity index (χ2v) is 2.05. The summed E-state index contributed by atoms with van der Waals surface area (Å²) in [4.78, 5) is 9.91. The van der Waals surface area contributed by atoms with Gasteiger partial charge in [-0.1, -0.05) is 13.3 Å². The Morgan fingerprint density at radius 3 is 2.70 bits per heavy atom. The number of rotatable bonds is 4. The van der Waals surface area contributed by atoms with Crippen LogP contribution >= 0.6 is 0 Å². The Morgan fingerprint density at radius 2 is 2.30 bits per heavy atom. The van der Waals surface area contributed by atoms with Crippen molar-refractivity contribution in [3.63, 3.8) is 0 Å². The van der Waals surface area contributed by atoms with Gasteiger partial charge in [-0.05, 0) is 12.5 Å².